The highest BCUT2D eigenvalue weighted by Gasteiger charge is 2.42. The highest BCUT2D eigenvalue weighted by Crippen LogP contribution is 2.46. The molecule has 0 unspecified atom stereocenters. The van der Waals surface area contributed by atoms with E-state index in [1.165, 1.54) is 6.42 Å². The lowest BCUT2D eigenvalue weighted by atomic mass is 9.94. The van der Waals surface area contributed by atoms with Crippen LogP contribution in [-0.2, 0) is 11.2 Å². The molecule has 5 rings (SSSR count). The number of aryl methyl sites for hydroxylation is 1. The molecule has 1 aliphatic heterocycles. The zero-order valence-electron chi connectivity index (χ0n) is 17.0. The summed E-state index contributed by atoms with van der Waals surface area (Å²) in [5.74, 6) is 1.88. The maximum absolute atomic E-state index is 12.4. The summed E-state index contributed by atoms with van der Waals surface area (Å²) < 4.78 is 18.0. The van der Waals surface area contributed by atoms with E-state index in [2.05, 4.69) is 10.3 Å². The van der Waals surface area contributed by atoms with E-state index in [0.29, 0.717) is 34.5 Å². The van der Waals surface area contributed by atoms with Gasteiger partial charge in [0.1, 0.15) is 0 Å². The molecule has 1 N–H and O–H groups in total. The Kier molecular flexibility index (Phi) is 5.32. The monoisotopic (exact) mass is 438 g/mol. The van der Waals surface area contributed by atoms with E-state index in [0.717, 1.165) is 37.0 Å². The Morgan fingerprint density at radius 1 is 1.06 bits per heavy atom. The van der Waals surface area contributed by atoms with E-state index in [9.17, 15) is 4.79 Å². The van der Waals surface area contributed by atoms with Crippen LogP contribution in [0.15, 0.2) is 53.1 Å². The number of halogens is 1. The number of rotatable bonds is 5. The Balaban J connectivity index is 1.18. The number of amides is 1. The van der Waals surface area contributed by atoms with Crippen LogP contribution in [0.1, 0.15) is 44.4 Å². The van der Waals surface area contributed by atoms with Gasteiger partial charge in [-0.25, -0.2) is 4.98 Å². The third-order valence-electron chi connectivity index (χ3n) is 5.69. The van der Waals surface area contributed by atoms with Gasteiger partial charge in [0.2, 0.25) is 5.91 Å². The van der Waals surface area contributed by atoms with Gasteiger partial charge in [-0.1, -0.05) is 30.2 Å². The van der Waals surface area contributed by atoms with Gasteiger partial charge >= 0.3 is 0 Å². The molecule has 0 bridgehead atoms. The lowest BCUT2D eigenvalue weighted by Gasteiger charge is -2.31. The van der Waals surface area contributed by atoms with Crippen molar-refractivity contribution in [2.24, 2.45) is 0 Å². The number of benzene rings is 2. The van der Waals surface area contributed by atoms with Gasteiger partial charge in [-0.2, -0.15) is 0 Å². The summed E-state index contributed by atoms with van der Waals surface area (Å²) in [7, 11) is 0. The Morgan fingerprint density at radius 2 is 1.87 bits per heavy atom. The molecule has 1 saturated carbocycles. The fourth-order valence-electron chi connectivity index (χ4n) is 4.12. The second-order valence-electron chi connectivity index (χ2n) is 7.98. The molecule has 1 spiro atoms. The van der Waals surface area contributed by atoms with Gasteiger partial charge < -0.3 is 19.2 Å². The predicted molar refractivity (Wildman–Crippen MR) is 117 cm³/mol. The lowest BCUT2D eigenvalue weighted by Crippen LogP contribution is -2.40. The van der Waals surface area contributed by atoms with Crippen molar-refractivity contribution in [3.05, 3.63) is 59.6 Å². The minimum atomic E-state index is -0.520. The molecule has 0 radical (unpaired) electrons. The fraction of sp³-hybridized carbons (Fsp3) is 0.333. The Morgan fingerprint density at radius 3 is 2.71 bits per heavy atom. The summed E-state index contributed by atoms with van der Waals surface area (Å²) in [6.45, 7) is 0. The average Bonchev–Trinajstić information content (AvgIpc) is 3.37. The third kappa shape index (κ3) is 4.26. The summed E-state index contributed by atoms with van der Waals surface area (Å²) in [5, 5.41) is 3.51. The summed E-state index contributed by atoms with van der Waals surface area (Å²) in [5.41, 5.74) is 1.47. The Hall–Kier alpha value is -2.99. The van der Waals surface area contributed by atoms with Crippen molar-refractivity contribution in [1.82, 2.24) is 4.98 Å². The van der Waals surface area contributed by atoms with E-state index < -0.39 is 5.79 Å². The number of hydrogen-bond donors (Lipinski definition) is 1. The van der Waals surface area contributed by atoms with E-state index >= 15 is 0 Å². The number of oxazole rings is 1. The number of carbonyl (C=O) groups excluding carboxylic acids is 1. The van der Waals surface area contributed by atoms with Crippen molar-refractivity contribution in [2.75, 3.05) is 5.32 Å². The average molecular weight is 439 g/mol. The summed E-state index contributed by atoms with van der Waals surface area (Å²) in [4.78, 5) is 16.7. The maximum Gasteiger partial charge on any atom is 0.251 e. The number of carbonyl (C=O) groups is 1. The van der Waals surface area contributed by atoms with Crippen molar-refractivity contribution in [3.8, 4) is 22.8 Å². The SMILES string of the molecule is O=C(CCc1ncc(-c2ccccc2Cl)o1)Nc1ccc2c(c1)OC1(CCCCC1)O2. The second kappa shape index (κ2) is 8.27. The number of nitrogens with one attached hydrogen (secondary N) is 1. The molecule has 1 aliphatic carbocycles. The zero-order valence-corrected chi connectivity index (χ0v) is 17.8. The number of fused-ring (bicyclic) bond motifs is 1. The molecule has 31 heavy (non-hydrogen) atoms. The minimum absolute atomic E-state index is 0.122. The molecule has 7 heteroatoms. The smallest absolute Gasteiger partial charge is 0.251 e. The normalized spacial score (nSPS) is 16.4. The third-order valence-corrected chi connectivity index (χ3v) is 6.02. The molecule has 1 amide bonds. The van der Waals surface area contributed by atoms with Crippen molar-refractivity contribution in [2.45, 2.75) is 50.7 Å². The van der Waals surface area contributed by atoms with Gasteiger partial charge in [0.05, 0.1) is 11.2 Å². The van der Waals surface area contributed by atoms with Crippen molar-refractivity contribution >= 4 is 23.2 Å². The minimum Gasteiger partial charge on any atom is -0.448 e. The lowest BCUT2D eigenvalue weighted by molar-refractivity contribution is -0.116. The van der Waals surface area contributed by atoms with Crippen LogP contribution in [0.3, 0.4) is 0 Å². The van der Waals surface area contributed by atoms with Crippen LogP contribution in [0.2, 0.25) is 5.02 Å². The first-order valence-corrected chi connectivity index (χ1v) is 11.0. The van der Waals surface area contributed by atoms with Crippen molar-refractivity contribution in [3.63, 3.8) is 0 Å². The van der Waals surface area contributed by atoms with Gasteiger partial charge in [-0.15, -0.1) is 0 Å². The van der Waals surface area contributed by atoms with E-state index in [-0.39, 0.29) is 12.3 Å². The van der Waals surface area contributed by atoms with E-state index in [1.807, 2.05) is 36.4 Å². The highest BCUT2D eigenvalue weighted by molar-refractivity contribution is 6.33. The number of ether oxygens (including phenoxy) is 2. The van der Waals surface area contributed by atoms with Gasteiger partial charge in [-0.3, -0.25) is 4.79 Å². The van der Waals surface area contributed by atoms with Crippen LogP contribution >= 0.6 is 11.6 Å². The number of anilines is 1. The molecule has 1 fully saturated rings. The molecular weight excluding hydrogens is 416 g/mol. The molecule has 1 aromatic heterocycles. The highest BCUT2D eigenvalue weighted by atomic mass is 35.5. The summed E-state index contributed by atoms with van der Waals surface area (Å²) in [6.07, 6.45) is 7.51. The standard InChI is InChI=1S/C24H23ClN2O4/c25-18-7-3-2-6-17(18)21-15-26-23(29-21)11-10-22(28)27-16-8-9-19-20(14-16)31-24(30-19)12-4-1-5-13-24/h2-3,6-9,14-15H,1,4-5,10-13H2,(H,27,28). The number of hydrogen-bond acceptors (Lipinski definition) is 5. The molecule has 2 heterocycles. The number of aromatic nitrogens is 1. The van der Waals surface area contributed by atoms with E-state index in [4.69, 9.17) is 25.5 Å². The first-order valence-electron chi connectivity index (χ1n) is 10.6. The van der Waals surface area contributed by atoms with Gasteiger partial charge in [0.15, 0.2) is 23.1 Å². The van der Waals surface area contributed by atoms with Crippen molar-refractivity contribution < 1.29 is 18.7 Å². The predicted octanol–water partition coefficient (Wildman–Crippen LogP) is 6.00. The molecule has 0 saturated heterocycles. The molecule has 2 aromatic carbocycles. The van der Waals surface area contributed by atoms with Crippen LogP contribution in [0, 0.1) is 0 Å². The molecule has 6 nitrogen and oxygen atoms in total. The van der Waals surface area contributed by atoms with Gasteiger partial charge in [0, 0.05) is 43.0 Å². The topological polar surface area (TPSA) is 73.6 Å². The largest absolute Gasteiger partial charge is 0.448 e. The Labute approximate surface area is 185 Å². The second-order valence-corrected chi connectivity index (χ2v) is 8.39. The molecule has 2 aliphatic rings. The van der Waals surface area contributed by atoms with Crippen LogP contribution in [0.25, 0.3) is 11.3 Å². The number of nitrogens with zero attached hydrogens (tertiary/aromatic N) is 1. The van der Waals surface area contributed by atoms with Crippen LogP contribution < -0.4 is 14.8 Å². The van der Waals surface area contributed by atoms with Crippen LogP contribution in [0.4, 0.5) is 5.69 Å². The van der Waals surface area contributed by atoms with Gasteiger partial charge in [-0.05, 0) is 37.1 Å². The molecule has 160 valence electrons. The first kappa shape index (κ1) is 19.9. The molecule has 0 atom stereocenters. The van der Waals surface area contributed by atoms with Crippen LogP contribution in [0.5, 0.6) is 11.5 Å². The first-order chi connectivity index (χ1) is 15.1. The van der Waals surface area contributed by atoms with Gasteiger partial charge in [0.25, 0.3) is 5.79 Å². The summed E-state index contributed by atoms with van der Waals surface area (Å²) in [6, 6.07) is 12.9. The fourth-order valence-corrected chi connectivity index (χ4v) is 4.35. The Bertz CT molecular complexity index is 1100. The zero-order chi connectivity index (χ0) is 21.3. The van der Waals surface area contributed by atoms with Crippen molar-refractivity contribution in [1.29, 1.82) is 0 Å². The van der Waals surface area contributed by atoms with Crippen LogP contribution in [-0.4, -0.2) is 16.7 Å². The van der Waals surface area contributed by atoms with E-state index in [1.54, 1.807) is 12.3 Å². The summed E-state index contributed by atoms with van der Waals surface area (Å²) >= 11 is 6.20. The maximum atomic E-state index is 12.4. The molecular formula is C24H23ClN2O4. The quantitative estimate of drug-likeness (QED) is 0.529. The molecule has 3 aromatic rings.